The minimum Gasteiger partial charge on any atom is -1.00 e. The Morgan fingerprint density at radius 3 is 2.04 bits per heavy atom. The first-order valence-electron chi connectivity index (χ1n) is 6.60. The van der Waals surface area contributed by atoms with Crippen LogP contribution in [0.1, 0.15) is 5.56 Å². The molecule has 0 nitrogen and oxygen atoms in total. The standard InChI is InChI=1S/C10H7BrF.C5H5.C2H6Si.2ClH.Zr/c1-6-2-7-4-8(12)5-10(11)9(7)3-6;1-2-4-5-3-1;1-3-2;;;/h2-5H,1H3;1-5H;1-2H3;2*1H;/q2*-1;;;;+2/p-2. The number of hydrogen-bond acceptors (Lipinski definition) is 0. The zero-order chi connectivity index (χ0) is 15.8. The summed E-state index contributed by atoms with van der Waals surface area (Å²) in [5.41, 5.74) is 1.37. The van der Waals surface area contributed by atoms with Gasteiger partial charge >= 0.3 is 41.9 Å². The molecule has 0 saturated carbocycles. The van der Waals surface area contributed by atoms with Crippen molar-refractivity contribution >= 4 is 32.1 Å². The Labute approximate surface area is 173 Å². The molecule has 0 radical (unpaired) electrons. The predicted molar refractivity (Wildman–Crippen MR) is 91.5 cm³/mol. The van der Waals surface area contributed by atoms with E-state index in [1.165, 1.54) is 6.07 Å². The van der Waals surface area contributed by atoms with Gasteiger partial charge in [-0.3, -0.25) is 0 Å². The molecule has 0 spiro atoms. The average Bonchev–Trinajstić information content (AvgIpc) is 2.99. The van der Waals surface area contributed by atoms with E-state index in [4.69, 9.17) is 0 Å². The molecule has 6 heteroatoms. The summed E-state index contributed by atoms with van der Waals surface area (Å²) in [5.74, 6) is -0.194. The van der Waals surface area contributed by atoms with E-state index in [0.29, 0.717) is 0 Å². The van der Waals surface area contributed by atoms with E-state index in [0.717, 1.165) is 20.8 Å². The van der Waals surface area contributed by atoms with Gasteiger partial charge in [0.1, 0.15) is 0 Å². The van der Waals surface area contributed by atoms with Crippen molar-refractivity contribution in [2.45, 2.75) is 20.0 Å². The van der Waals surface area contributed by atoms with Gasteiger partial charge in [-0.25, -0.2) is 16.5 Å². The minimum atomic E-state index is -0.194. The molecule has 3 rings (SSSR count). The first-order chi connectivity index (χ1) is 9.90. The van der Waals surface area contributed by atoms with Crippen LogP contribution in [0.25, 0.3) is 10.8 Å². The third kappa shape index (κ3) is 10.7. The molecule has 124 valence electrons. The Balaban J connectivity index is 0. The van der Waals surface area contributed by atoms with E-state index in [-0.39, 0.29) is 36.1 Å². The zero-order valence-corrected chi connectivity index (χ0v) is 19.8. The van der Waals surface area contributed by atoms with Crippen molar-refractivity contribution in [1.82, 2.24) is 0 Å². The summed E-state index contributed by atoms with van der Waals surface area (Å²) in [4.78, 5) is 0. The van der Waals surface area contributed by atoms with Crippen LogP contribution < -0.4 is 24.8 Å². The molecular weight excluding hydrogens is 493 g/mol. The van der Waals surface area contributed by atoms with Crippen molar-refractivity contribution in [2.75, 3.05) is 0 Å². The molecule has 3 aromatic rings. The maximum absolute atomic E-state index is 12.9. The second-order valence-corrected chi connectivity index (χ2v) is 15.1. The summed E-state index contributed by atoms with van der Waals surface area (Å²) in [5, 5.41) is 2.04. The van der Waals surface area contributed by atoms with E-state index in [1.54, 1.807) is 29.4 Å². The second kappa shape index (κ2) is 13.5. The third-order valence-corrected chi connectivity index (χ3v) is 3.09. The van der Waals surface area contributed by atoms with Crippen molar-refractivity contribution in [3.05, 3.63) is 70.5 Å². The molecule has 0 aliphatic heterocycles. The predicted octanol–water partition coefficient (Wildman–Crippen LogP) is -0.0335. The van der Waals surface area contributed by atoms with Crippen LogP contribution >= 0.6 is 15.9 Å². The first-order valence-corrected chi connectivity index (χ1v) is 13.6. The summed E-state index contributed by atoms with van der Waals surface area (Å²) >= 11 is 5.06. The van der Waals surface area contributed by atoms with E-state index < -0.39 is 0 Å². The van der Waals surface area contributed by atoms with Gasteiger partial charge in [0.25, 0.3) is 0 Å². The maximum Gasteiger partial charge on any atom is 0.0826 e. The fraction of sp³-hybridized carbons (Fsp3) is 0.176. The fourth-order valence-corrected chi connectivity index (χ4v) is 2.27. The summed E-state index contributed by atoms with van der Waals surface area (Å²) in [6.45, 7) is 6.62. The molecule has 0 unspecified atom stereocenters. The van der Waals surface area contributed by atoms with Gasteiger partial charge in [0.05, 0.1) is 5.82 Å². The summed E-state index contributed by atoms with van der Waals surface area (Å²) in [6, 6.07) is 17.1. The van der Waals surface area contributed by atoms with Crippen LogP contribution in [0.5, 0.6) is 0 Å². The number of fused-ring (bicyclic) bond motifs is 1. The summed E-state index contributed by atoms with van der Waals surface area (Å²) in [7, 11) is 0. The van der Waals surface area contributed by atoms with Gasteiger partial charge in [-0.1, -0.05) is 28.9 Å². The molecule has 0 amide bonds. The van der Waals surface area contributed by atoms with Gasteiger partial charge in [-0.2, -0.15) is 24.3 Å². The monoisotopic (exact) mass is 508 g/mol. The van der Waals surface area contributed by atoms with Crippen LogP contribution in [-0.4, -0.2) is 5.43 Å². The van der Waals surface area contributed by atoms with Crippen molar-refractivity contribution in [3.8, 4) is 0 Å². The molecule has 0 heterocycles. The molecule has 3 aromatic carbocycles. The summed E-state index contributed by atoms with van der Waals surface area (Å²) in [6.07, 6.45) is 0. The maximum atomic E-state index is 12.9. The molecule has 0 aromatic heterocycles. The van der Waals surface area contributed by atoms with Crippen molar-refractivity contribution in [3.63, 3.8) is 0 Å². The number of aryl methyl sites for hydroxylation is 1. The number of hydrogen-bond donors (Lipinski definition) is 0. The summed E-state index contributed by atoms with van der Waals surface area (Å²) < 4.78 is 13.7. The van der Waals surface area contributed by atoms with Crippen LogP contribution in [0.15, 0.2) is 59.1 Å². The first kappa shape index (κ1) is 25.5. The van der Waals surface area contributed by atoms with Crippen LogP contribution in [0, 0.1) is 12.7 Å². The van der Waals surface area contributed by atoms with E-state index in [9.17, 15) is 4.39 Å². The second-order valence-electron chi connectivity index (χ2n) is 4.89. The number of halogens is 4. The van der Waals surface area contributed by atoms with Crippen molar-refractivity contribution in [2.24, 2.45) is 0 Å². The van der Waals surface area contributed by atoms with Crippen LogP contribution in [0.2, 0.25) is 13.1 Å². The minimum absolute atomic E-state index is 0. The Kier molecular flexibility index (Phi) is 15.0. The topological polar surface area (TPSA) is 0 Å². The molecule has 23 heavy (non-hydrogen) atoms. The molecule has 0 atom stereocenters. The van der Waals surface area contributed by atoms with E-state index in [2.05, 4.69) is 29.0 Å². The fourth-order valence-electron chi connectivity index (χ4n) is 1.71. The van der Waals surface area contributed by atoms with Gasteiger partial charge in [0, 0.05) is 0 Å². The molecule has 0 aliphatic carbocycles. The van der Waals surface area contributed by atoms with Gasteiger partial charge in [-0.15, -0.1) is 22.4 Å². The molecule has 0 fully saturated rings. The van der Waals surface area contributed by atoms with Gasteiger partial charge < -0.3 is 24.8 Å². The molecule has 0 saturated heterocycles. The Hall–Kier alpha value is 0.270. The Morgan fingerprint density at radius 1 is 1.09 bits per heavy atom. The molecule has 0 aliphatic rings. The van der Waals surface area contributed by atoms with Crippen LogP contribution in [-0.2, 0) is 23.3 Å². The van der Waals surface area contributed by atoms with E-state index in [1.807, 2.05) is 49.4 Å². The Morgan fingerprint density at radius 2 is 1.61 bits per heavy atom. The normalized spacial score (nSPS) is 8.65. The van der Waals surface area contributed by atoms with Crippen LogP contribution in [0.4, 0.5) is 4.39 Å². The number of rotatable bonds is 0. The van der Waals surface area contributed by atoms with Crippen LogP contribution in [0.3, 0.4) is 0 Å². The van der Waals surface area contributed by atoms with Crippen molar-refractivity contribution < 1.29 is 52.5 Å². The SMILES string of the molecule is C[Si](C)=[Zr+2].Cc1cc2c(Br)cc(F)cc2[cH-]1.[Cl-].[Cl-].c1cc[cH-]c1. The largest absolute Gasteiger partial charge is 1.00 e. The molecule has 0 N–H and O–H groups in total. The van der Waals surface area contributed by atoms with Gasteiger partial charge in [0.2, 0.25) is 0 Å². The van der Waals surface area contributed by atoms with Gasteiger partial charge in [-0.05, 0) is 10.5 Å². The molecule has 0 bridgehead atoms. The van der Waals surface area contributed by atoms with E-state index >= 15 is 0 Å². The quantitative estimate of drug-likeness (QED) is 0.294. The zero-order valence-electron chi connectivity index (χ0n) is 13.2. The molecular formula is C17H18BrCl2FSiZr-2. The smallest absolute Gasteiger partial charge is 0.0826 e. The van der Waals surface area contributed by atoms with Crippen molar-refractivity contribution in [1.29, 1.82) is 0 Å². The van der Waals surface area contributed by atoms with Gasteiger partial charge in [0.15, 0.2) is 0 Å². The Bertz CT molecular complexity index is 675. The third-order valence-electron chi connectivity index (χ3n) is 2.44. The number of benzene rings is 1. The average molecular weight is 511 g/mol.